The Morgan fingerprint density at radius 3 is 2.82 bits per heavy atom. The Morgan fingerprint density at radius 1 is 1.14 bits per heavy atom. The highest BCUT2D eigenvalue weighted by molar-refractivity contribution is 5.78. The molecule has 1 unspecified atom stereocenters. The van der Waals surface area contributed by atoms with Crippen LogP contribution in [0.15, 0.2) is 53.9 Å². The van der Waals surface area contributed by atoms with Gasteiger partial charge in [0.15, 0.2) is 0 Å². The van der Waals surface area contributed by atoms with Crippen molar-refractivity contribution in [1.82, 2.24) is 10.5 Å². The van der Waals surface area contributed by atoms with E-state index in [1.54, 1.807) is 18.3 Å². The fourth-order valence-electron chi connectivity index (χ4n) is 6.91. The first kappa shape index (κ1) is 18.3. The van der Waals surface area contributed by atoms with E-state index in [4.69, 9.17) is 4.84 Å². The van der Waals surface area contributed by atoms with E-state index in [0.717, 1.165) is 11.8 Å². The van der Waals surface area contributed by atoms with Crippen molar-refractivity contribution in [2.24, 2.45) is 22.7 Å². The molecule has 0 spiro atoms. The number of nitrogens with zero attached hydrogens (tertiary/aromatic N) is 1. The molecule has 5 rings (SSSR count). The standard InChI is InChI=1S/C25H32N2O/c1-24-12-10-19(27-28-3)15-18(24)6-7-20-22-9-8-21(17-5-4-14-26-16-17)25(22,2)13-11-23(20)24/h4-5,8-9,14-16,19-20,23,27H,6-7,10-13H2,1-3H3/t19?,20-,23-,24-,25+/m0/s1. The van der Waals surface area contributed by atoms with Crippen LogP contribution in [0.4, 0.5) is 0 Å². The van der Waals surface area contributed by atoms with Gasteiger partial charge in [0.25, 0.3) is 0 Å². The molecular weight excluding hydrogens is 344 g/mol. The van der Waals surface area contributed by atoms with Crippen molar-refractivity contribution in [3.05, 3.63) is 59.5 Å². The molecule has 0 radical (unpaired) electrons. The highest BCUT2D eigenvalue weighted by Crippen LogP contribution is 2.65. The van der Waals surface area contributed by atoms with Gasteiger partial charge in [-0.1, -0.05) is 49.3 Å². The molecular formula is C25H32N2O. The van der Waals surface area contributed by atoms with Gasteiger partial charge in [-0.2, -0.15) is 5.48 Å². The predicted octanol–water partition coefficient (Wildman–Crippen LogP) is 5.48. The molecule has 2 saturated carbocycles. The first-order chi connectivity index (χ1) is 13.6. The number of hydroxylamine groups is 1. The molecule has 3 nitrogen and oxygen atoms in total. The van der Waals surface area contributed by atoms with E-state index in [1.165, 1.54) is 49.7 Å². The van der Waals surface area contributed by atoms with Crippen LogP contribution in [0, 0.1) is 22.7 Å². The average Bonchev–Trinajstić information content (AvgIpc) is 3.06. The van der Waals surface area contributed by atoms with Crippen molar-refractivity contribution in [3.8, 4) is 0 Å². The lowest BCUT2D eigenvalue weighted by Gasteiger charge is -2.56. The molecule has 0 aliphatic heterocycles. The van der Waals surface area contributed by atoms with Gasteiger partial charge in [0.05, 0.1) is 13.2 Å². The van der Waals surface area contributed by atoms with Crippen molar-refractivity contribution >= 4 is 5.57 Å². The number of allylic oxidation sites excluding steroid dienone is 5. The van der Waals surface area contributed by atoms with Crippen LogP contribution in [0.25, 0.3) is 5.57 Å². The summed E-state index contributed by atoms with van der Waals surface area (Å²) < 4.78 is 0. The quantitative estimate of drug-likeness (QED) is 0.560. The summed E-state index contributed by atoms with van der Waals surface area (Å²) in [6.45, 7) is 5.03. The minimum absolute atomic E-state index is 0.191. The fraction of sp³-hybridized carbons (Fsp3) is 0.560. The maximum absolute atomic E-state index is 5.21. The van der Waals surface area contributed by atoms with E-state index < -0.39 is 0 Å². The highest BCUT2D eigenvalue weighted by atomic mass is 16.6. The van der Waals surface area contributed by atoms with E-state index in [1.807, 2.05) is 12.4 Å². The van der Waals surface area contributed by atoms with Crippen molar-refractivity contribution in [2.75, 3.05) is 7.11 Å². The maximum atomic E-state index is 5.21. The molecule has 0 bridgehead atoms. The molecule has 28 heavy (non-hydrogen) atoms. The number of pyridine rings is 1. The average molecular weight is 377 g/mol. The van der Waals surface area contributed by atoms with Crippen molar-refractivity contribution in [1.29, 1.82) is 0 Å². The summed E-state index contributed by atoms with van der Waals surface area (Å²) in [5, 5.41) is 0. The van der Waals surface area contributed by atoms with Gasteiger partial charge in [-0.05, 0) is 73.0 Å². The van der Waals surface area contributed by atoms with E-state index in [9.17, 15) is 0 Å². The van der Waals surface area contributed by atoms with Crippen molar-refractivity contribution < 1.29 is 4.84 Å². The number of fused-ring (bicyclic) bond motifs is 5. The molecule has 148 valence electrons. The van der Waals surface area contributed by atoms with Crippen LogP contribution in [0.3, 0.4) is 0 Å². The second kappa shape index (κ2) is 6.67. The number of rotatable bonds is 3. The van der Waals surface area contributed by atoms with Crippen LogP contribution in [0.1, 0.15) is 57.9 Å². The summed E-state index contributed by atoms with van der Waals surface area (Å²) in [6.07, 6.45) is 18.8. The molecule has 1 aromatic rings. The Kier molecular flexibility index (Phi) is 4.37. The number of aromatic nitrogens is 1. The van der Waals surface area contributed by atoms with Gasteiger partial charge in [-0.15, -0.1) is 0 Å². The Morgan fingerprint density at radius 2 is 2.04 bits per heavy atom. The Bertz CT molecular complexity index is 855. The summed E-state index contributed by atoms with van der Waals surface area (Å²) in [6, 6.07) is 4.66. The van der Waals surface area contributed by atoms with Gasteiger partial charge >= 0.3 is 0 Å². The lowest BCUT2D eigenvalue weighted by Crippen LogP contribution is -2.48. The molecule has 0 aromatic carbocycles. The minimum atomic E-state index is 0.191. The zero-order valence-electron chi connectivity index (χ0n) is 17.4. The van der Waals surface area contributed by atoms with E-state index >= 15 is 0 Å². The topological polar surface area (TPSA) is 34.1 Å². The van der Waals surface area contributed by atoms with Crippen molar-refractivity contribution in [3.63, 3.8) is 0 Å². The molecule has 5 atom stereocenters. The summed E-state index contributed by atoms with van der Waals surface area (Å²) in [4.78, 5) is 9.59. The first-order valence-electron chi connectivity index (χ1n) is 10.9. The van der Waals surface area contributed by atoms with Crippen LogP contribution in [0.5, 0.6) is 0 Å². The zero-order valence-corrected chi connectivity index (χ0v) is 17.4. The normalized spacial score (nSPS) is 39.2. The summed E-state index contributed by atoms with van der Waals surface area (Å²) in [5.41, 5.74) is 9.87. The fourth-order valence-corrected chi connectivity index (χ4v) is 6.91. The lowest BCUT2D eigenvalue weighted by molar-refractivity contribution is 0.0353. The minimum Gasteiger partial charge on any atom is -0.305 e. The second-order valence-electron chi connectivity index (χ2n) is 9.64. The largest absolute Gasteiger partial charge is 0.305 e. The summed E-state index contributed by atoms with van der Waals surface area (Å²) in [7, 11) is 1.73. The van der Waals surface area contributed by atoms with Crippen LogP contribution < -0.4 is 5.48 Å². The molecule has 1 aromatic heterocycles. The summed E-state index contributed by atoms with van der Waals surface area (Å²) >= 11 is 0. The SMILES string of the molecule is CONC1C=C2CC[C@H]3C4=CC=C(c5cccnc5)[C@@]4(C)CC[C@@H]3[C@@]2(C)CC1. The maximum Gasteiger partial charge on any atom is 0.0572 e. The van der Waals surface area contributed by atoms with Gasteiger partial charge in [0, 0.05) is 17.8 Å². The van der Waals surface area contributed by atoms with Crippen LogP contribution >= 0.6 is 0 Å². The lowest BCUT2D eigenvalue weighted by atomic mass is 9.48. The Labute approximate surface area is 168 Å². The molecule has 4 aliphatic carbocycles. The molecule has 1 N–H and O–H groups in total. The van der Waals surface area contributed by atoms with Crippen LogP contribution in [-0.2, 0) is 4.84 Å². The number of hydrogen-bond donors (Lipinski definition) is 1. The van der Waals surface area contributed by atoms with Gasteiger partial charge in [-0.25, -0.2) is 0 Å². The third-order valence-corrected chi connectivity index (χ3v) is 8.40. The van der Waals surface area contributed by atoms with Gasteiger partial charge in [0.1, 0.15) is 0 Å². The van der Waals surface area contributed by atoms with Gasteiger partial charge in [0.2, 0.25) is 0 Å². The molecule has 0 amide bonds. The Hall–Kier alpha value is -1.71. The summed E-state index contributed by atoms with van der Waals surface area (Å²) in [5.74, 6) is 1.50. The Balaban J connectivity index is 1.44. The molecule has 1 heterocycles. The number of nitrogens with one attached hydrogen (secondary N) is 1. The van der Waals surface area contributed by atoms with Gasteiger partial charge < -0.3 is 4.84 Å². The van der Waals surface area contributed by atoms with Crippen molar-refractivity contribution in [2.45, 2.75) is 58.4 Å². The third-order valence-electron chi connectivity index (χ3n) is 8.40. The predicted molar refractivity (Wildman–Crippen MR) is 113 cm³/mol. The number of hydrogen-bond acceptors (Lipinski definition) is 3. The smallest absolute Gasteiger partial charge is 0.0572 e. The first-order valence-corrected chi connectivity index (χ1v) is 10.9. The highest BCUT2D eigenvalue weighted by Gasteiger charge is 2.54. The molecule has 2 fully saturated rings. The van der Waals surface area contributed by atoms with Gasteiger partial charge in [-0.3, -0.25) is 4.98 Å². The van der Waals surface area contributed by atoms with E-state index in [0.29, 0.717) is 11.5 Å². The van der Waals surface area contributed by atoms with E-state index in [-0.39, 0.29) is 5.41 Å². The monoisotopic (exact) mass is 376 g/mol. The zero-order chi connectivity index (χ0) is 19.4. The second-order valence-corrected chi connectivity index (χ2v) is 9.64. The van der Waals surface area contributed by atoms with Crippen LogP contribution in [-0.4, -0.2) is 18.1 Å². The molecule has 4 aliphatic rings. The molecule has 0 saturated heterocycles. The molecule has 3 heteroatoms. The van der Waals surface area contributed by atoms with Crippen LogP contribution in [0.2, 0.25) is 0 Å². The third kappa shape index (κ3) is 2.59. The van der Waals surface area contributed by atoms with E-state index in [2.05, 4.69) is 54.7 Å².